The molecule has 2 aromatic carbocycles. The van der Waals surface area contributed by atoms with E-state index in [1.54, 1.807) is 24.3 Å². The summed E-state index contributed by atoms with van der Waals surface area (Å²) < 4.78 is 15.8. The van der Waals surface area contributed by atoms with Crippen molar-refractivity contribution in [2.45, 2.75) is 26.6 Å². The molecule has 26 heavy (non-hydrogen) atoms. The quantitative estimate of drug-likeness (QED) is 0.510. The van der Waals surface area contributed by atoms with E-state index in [9.17, 15) is 9.59 Å². The molecule has 2 aromatic rings. The zero-order chi connectivity index (χ0) is 18.7. The summed E-state index contributed by atoms with van der Waals surface area (Å²) in [6.45, 7) is 5.01. The minimum absolute atomic E-state index is 0.190. The Bertz CT molecular complexity index is 829. The second-order valence-corrected chi connectivity index (χ2v) is 6.32. The highest BCUT2D eigenvalue weighted by Crippen LogP contribution is 2.25. The van der Waals surface area contributed by atoms with Crippen molar-refractivity contribution in [3.05, 3.63) is 65.9 Å². The van der Waals surface area contributed by atoms with Gasteiger partial charge in [0.1, 0.15) is 11.5 Å². The molecular weight excluding hydrogens is 334 g/mol. The average molecular weight is 353 g/mol. The number of carbonyl (C=O) groups is 2. The Labute approximate surface area is 151 Å². The van der Waals surface area contributed by atoms with E-state index in [1.165, 1.54) is 20.0 Å². The summed E-state index contributed by atoms with van der Waals surface area (Å²) >= 11 is 0. The van der Waals surface area contributed by atoms with Crippen molar-refractivity contribution in [1.82, 2.24) is 0 Å². The average Bonchev–Trinajstić information content (AvgIpc) is 2.56. The summed E-state index contributed by atoms with van der Waals surface area (Å²) in [5.74, 6) is -1.28. The van der Waals surface area contributed by atoms with Gasteiger partial charge in [-0.2, -0.15) is 0 Å². The molecule has 3 rings (SSSR count). The summed E-state index contributed by atoms with van der Waals surface area (Å²) in [4.78, 5) is 23.7. The molecule has 6 nitrogen and oxygen atoms in total. The van der Waals surface area contributed by atoms with Gasteiger partial charge in [-0.1, -0.05) is 17.7 Å². The Morgan fingerprint density at radius 3 is 1.92 bits per heavy atom. The minimum atomic E-state index is -1.25. The summed E-state index contributed by atoms with van der Waals surface area (Å²) in [5.41, 5.74) is 1.65. The molecule has 1 fully saturated rings. The van der Waals surface area contributed by atoms with Crippen molar-refractivity contribution < 1.29 is 23.8 Å². The maximum absolute atomic E-state index is 11.9. The van der Waals surface area contributed by atoms with E-state index in [-0.39, 0.29) is 5.57 Å². The van der Waals surface area contributed by atoms with Gasteiger partial charge in [0.25, 0.3) is 5.79 Å². The molecule has 1 aliphatic rings. The molecule has 0 atom stereocenters. The van der Waals surface area contributed by atoms with Gasteiger partial charge in [0, 0.05) is 25.7 Å². The number of cyclic esters (lactones) is 2. The maximum Gasteiger partial charge on any atom is 0.350 e. The van der Waals surface area contributed by atoms with E-state index in [0.29, 0.717) is 11.4 Å². The number of esters is 2. The Morgan fingerprint density at radius 1 is 0.885 bits per heavy atom. The topological polar surface area (TPSA) is 73.9 Å². The third-order valence-electron chi connectivity index (χ3n) is 3.61. The van der Waals surface area contributed by atoms with Gasteiger partial charge >= 0.3 is 11.9 Å². The lowest BCUT2D eigenvalue weighted by atomic mass is 10.2. The predicted molar refractivity (Wildman–Crippen MR) is 95.7 cm³/mol. The first-order chi connectivity index (χ1) is 12.3. The standard InChI is InChI=1S/C20H19NO5/c1-13-4-8-15(9-5-13)24-16-10-6-14(7-11-16)21-12-17-18(22)25-20(2,3)26-19(17)23/h4-12,21H,1-3H3. The van der Waals surface area contributed by atoms with Crippen LogP contribution in [0.5, 0.6) is 11.5 Å². The predicted octanol–water partition coefficient (Wildman–Crippen LogP) is 3.92. The molecular formula is C20H19NO5. The number of hydrogen-bond donors (Lipinski definition) is 1. The number of rotatable bonds is 4. The van der Waals surface area contributed by atoms with Gasteiger partial charge in [-0.05, 0) is 43.3 Å². The van der Waals surface area contributed by atoms with Crippen molar-refractivity contribution in [2.24, 2.45) is 0 Å². The van der Waals surface area contributed by atoms with Gasteiger partial charge in [-0.15, -0.1) is 0 Å². The summed E-state index contributed by atoms with van der Waals surface area (Å²) in [6, 6.07) is 14.8. The summed E-state index contributed by atoms with van der Waals surface area (Å²) in [5, 5.41) is 2.88. The SMILES string of the molecule is Cc1ccc(Oc2ccc(NC=C3C(=O)OC(C)(C)OC3=O)cc2)cc1. The van der Waals surface area contributed by atoms with Crippen molar-refractivity contribution in [1.29, 1.82) is 0 Å². The van der Waals surface area contributed by atoms with E-state index in [2.05, 4.69) is 5.32 Å². The number of nitrogens with one attached hydrogen (secondary N) is 1. The highest BCUT2D eigenvalue weighted by Gasteiger charge is 2.38. The molecule has 6 heteroatoms. The second kappa shape index (κ2) is 6.92. The zero-order valence-electron chi connectivity index (χ0n) is 14.7. The number of carbonyl (C=O) groups excluding carboxylic acids is 2. The Kier molecular flexibility index (Phi) is 4.67. The molecule has 1 N–H and O–H groups in total. The van der Waals surface area contributed by atoms with Gasteiger partial charge in [-0.3, -0.25) is 0 Å². The van der Waals surface area contributed by atoms with Gasteiger partial charge in [0.15, 0.2) is 5.57 Å². The number of aryl methyl sites for hydroxylation is 1. The van der Waals surface area contributed by atoms with Crippen LogP contribution in [0.2, 0.25) is 0 Å². The fourth-order valence-electron chi connectivity index (χ4n) is 2.30. The van der Waals surface area contributed by atoms with Crippen molar-refractivity contribution in [3.8, 4) is 11.5 Å². The van der Waals surface area contributed by atoms with Gasteiger partial charge in [0.05, 0.1) is 0 Å². The molecule has 0 saturated carbocycles. The van der Waals surface area contributed by atoms with Crippen LogP contribution in [0.15, 0.2) is 60.3 Å². The van der Waals surface area contributed by atoms with E-state index in [1.807, 2.05) is 31.2 Å². The Morgan fingerprint density at radius 2 is 1.38 bits per heavy atom. The molecule has 0 aliphatic carbocycles. The van der Waals surface area contributed by atoms with E-state index < -0.39 is 17.7 Å². The first-order valence-corrected chi connectivity index (χ1v) is 8.10. The Balaban J connectivity index is 1.65. The van der Waals surface area contributed by atoms with Crippen LogP contribution in [-0.4, -0.2) is 17.7 Å². The van der Waals surface area contributed by atoms with Crippen LogP contribution in [0.4, 0.5) is 5.69 Å². The monoisotopic (exact) mass is 353 g/mol. The smallest absolute Gasteiger partial charge is 0.350 e. The van der Waals surface area contributed by atoms with Crippen molar-refractivity contribution in [2.75, 3.05) is 5.32 Å². The lowest BCUT2D eigenvalue weighted by Gasteiger charge is -2.29. The molecule has 0 spiro atoms. The van der Waals surface area contributed by atoms with E-state index >= 15 is 0 Å². The summed E-state index contributed by atoms with van der Waals surface area (Å²) in [6.07, 6.45) is 1.27. The van der Waals surface area contributed by atoms with Gasteiger partial charge in [0.2, 0.25) is 0 Å². The third-order valence-corrected chi connectivity index (χ3v) is 3.61. The first-order valence-electron chi connectivity index (χ1n) is 8.10. The van der Waals surface area contributed by atoms with Crippen LogP contribution in [0.1, 0.15) is 19.4 Å². The largest absolute Gasteiger partial charge is 0.457 e. The minimum Gasteiger partial charge on any atom is -0.457 e. The van der Waals surface area contributed by atoms with Crippen molar-refractivity contribution >= 4 is 17.6 Å². The fourth-order valence-corrected chi connectivity index (χ4v) is 2.30. The maximum atomic E-state index is 11.9. The van der Waals surface area contributed by atoms with Crippen LogP contribution in [-0.2, 0) is 19.1 Å². The molecule has 1 aliphatic heterocycles. The van der Waals surface area contributed by atoms with Crippen molar-refractivity contribution in [3.63, 3.8) is 0 Å². The fraction of sp³-hybridized carbons (Fsp3) is 0.200. The van der Waals surface area contributed by atoms with Crippen LogP contribution in [0.25, 0.3) is 0 Å². The zero-order valence-corrected chi connectivity index (χ0v) is 14.7. The molecule has 134 valence electrons. The van der Waals surface area contributed by atoms with Gasteiger partial charge in [-0.25, -0.2) is 9.59 Å². The number of anilines is 1. The molecule has 1 heterocycles. The lowest BCUT2D eigenvalue weighted by molar-refractivity contribution is -0.222. The van der Waals surface area contributed by atoms with Crippen LogP contribution in [0, 0.1) is 6.92 Å². The van der Waals surface area contributed by atoms with Crippen LogP contribution >= 0.6 is 0 Å². The second-order valence-electron chi connectivity index (χ2n) is 6.32. The number of benzene rings is 2. The molecule has 0 bridgehead atoms. The molecule has 0 aromatic heterocycles. The van der Waals surface area contributed by atoms with Crippen LogP contribution in [0.3, 0.4) is 0 Å². The molecule has 0 radical (unpaired) electrons. The molecule has 1 saturated heterocycles. The van der Waals surface area contributed by atoms with E-state index in [0.717, 1.165) is 11.3 Å². The highest BCUT2D eigenvalue weighted by molar-refractivity contribution is 6.15. The lowest BCUT2D eigenvalue weighted by Crippen LogP contribution is -2.42. The normalized spacial score (nSPS) is 15.7. The van der Waals surface area contributed by atoms with E-state index in [4.69, 9.17) is 14.2 Å². The highest BCUT2D eigenvalue weighted by atomic mass is 16.7. The molecule has 0 amide bonds. The molecule has 0 unspecified atom stereocenters. The third kappa shape index (κ3) is 4.22. The number of ether oxygens (including phenoxy) is 3. The van der Waals surface area contributed by atoms with Crippen LogP contribution < -0.4 is 10.1 Å². The summed E-state index contributed by atoms with van der Waals surface area (Å²) in [7, 11) is 0. The number of hydrogen-bond acceptors (Lipinski definition) is 6. The first kappa shape index (κ1) is 17.5. The Hall–Kier alpha value is -3.28. The van der Waals surface area contributed by atoms with Gasteiger partial charge < -0.3 is 19.5 Å².